The Morgan fingerprint density at radius 1 is 0.914 bits per heavy atom. The first kappa shape index (κ1) is 26.8. The molecule has 1 N–H and O–H groups in total. The number of nitrogens with one attached hydrogen (secondary N) is 1. The van der Waals surface area contributed by atoms with E-state index in [1.807, 2.05) is 69.3 Å². The number of carbonyl (C=O) groups excluding carboxylic acids is 2. The van der Waals surface area contributed by atoms with Crippen molar-refractivity contribution in [1.29, 1.82) is 0 Å². The molecule has 3 aromatic rings. The number of nitrogens with zero attached hydrogens (tertiary/aromatic N) is 1. The predicted octanol–water partition coefficient (Wildman–Crippen LogP) is 6.32. The lowest BCUT2D eigenvalue weighted by atomic mass is 10.00. The Kier molecular flexibility index (Phi) is 9.76. The van der Waals surface area contributed by atoms with Crippen molar-refractivity contribution < 1.29 is 9.59 Å². The topological polar surface area (TPSA) is 49.4 Å². The van der Waals surface area contributed by atoms with Gasteiger partial charge in [0.15, 0.2) is 0 Å². The number of benzene rings is 3. The maximum absolute atomic E-state index is 13.8. The molecular weight excluding hydrogens is 479 g/mol. The normalized spacial score (nSPS) is 11.7. The molecule has 0 unspecified atom stereocenters. The summed E-state index contributed by atoms with van der Waals surface area (Å²) in [7, 11) is 0. The zero-order valence-electron chi connectivity index (χ0n) is 20.5. The van der Waals surface area contributed by atoms with Gasteiger partial charge in [-0.25, -0.2) is 0 Å². The molecule has 0 spiro atoms. The maximum Gasteiger partial charge on any atom is 0.243 e. The molecule has 184 valence electrons. The summed E-state index contributed by atoms with van der Waals surface area (Å²) >= 11 is 12.6. The molecule has 0 aliphatic carbocycles. The van der Waals surface area contributed by atoms with Crippen LogP contribution in [0, 0.1) is 13.8 Å². The molecule has 2 amide bonds. The molecule has 0 radical (unpaired) electrons. The summed E-state index contributed by atoms with van der Waals surface area (Å²) in [5.41, 5.74) is 4.84. The van der Waals surface area contributed by atoms with Crippen LogP contribution in [0.2, 0.25) is 10.0 Å². The summed E-state index contributed by atoms with van der Waals surface area (Å²) < 4.78 is 0. The fraction of sp³-hybridized carbons (Fsp3) is 0.310. The Hall–Kier alpha value is -2.82. The van der Waals surface area contributed by atoms with Crippen LogP contribution in [0.15, 0.2) is 66.7 Å². The second kappa shape index (κ2) is 12.8. The molecule has 6 heteroatoms. The Labute approximate surface area is 218 Å². The largest absolute Gasteiger partial charge is 0.354 e. The number of rotatable bonds is 10. The van der Waals surface area contributed by atoms with E-state index >= 15 is 0 Å². The van der Waals surface area contributed by atoms with E-state index in [0.717, 1.165) is 34.2 Å². The van der Waals surface area contributed by atoms with Crippen LogP contribution >= 0.6 is 23.2 Å². The van der Waals surface area contributed by atoms with Crippen LogP contribution < -0.4 is 5.32 Å². The van der Waals surface area contributed by atoms with Crippen LogP contribution in [0.1, 0.15) is 41.2 Å². The Balaban J connectivity index is 2.00. The van der Waals surface area contributed by atoms with Crippen molar-refractivity contribution >= 4 is 35.0 Å². The van der Waals surface area contributed by atoms with Gasteiger partial charge in [0, 0.05) is 29.6 Å². The van der Waals surface area contributed by atoms with Crippen LogP contribution in [0.3, 0.4) is 0 Å². The van der Waals surface area contributed by atoms with E-state index in [4.69, 9.17) is 23.2 Å². The Bertz CT molecular complexity index is 1140. The standard InChI is InChI=1S/C29H32Cl2N2O2/c1-4-12-32-29(35)27(16-22-8-6-5-7-9-22)33(19-24-10-11-25(30)18-26(24)31)28(34)17-23-14-20(2)13-21(3)15-23/h5-11,13-15,18,27H,4,12,16-17,19H2,1-3H3,(H,32,35)/t27-/m0/s1. The predicted molar refractivity (Wildman–Crippen MR) is 144 cm³/mol. The highest BCUT2D eigenvalue weighted by atomic mass is 35.5. The van der Waals surface area contributed by atoms with E-state index in [2.05, 4.69) is 11.4 Å². The number of halogens is 2. The van der Waals surface area contributed by atoms with Gasteiger partial charge in [-0.3, -0.25) is 9.59 Å². The van der Waals surface area contributed by atoms with E-state index in [9.17, 15) is 9.59 Å². The molecule has 0 saturated carbocycles. The van der Waals surface area contributed by atoms with Crippen LogP contribution in [0.4, 0.5) is 0 Å². The number of hydrogen-bond acceptors (Lipinski definition) is 2. The molecule has 0 aromatic heterocycles. The molecule has 4 nitrogen and oxygen atoms in total. The van der Waals surface area contributed by atoms with Crippen molar-refractivity contribution in [2.45, 2.75) is 52.6 Å². The van der Waals surface area contributed by atoms with Crippen molar-refractivity contribution in [2.24, 2.45) is 0 Å². The van der Waals surface area contributed by atoms with Gasteiger partial charge in [0.1, 0.15) is 6.04 Å². The molecule has 0 bridgehead atoms. The minimum absolute atomic E-state index is 0.131. The minimum Gasteiger partial charge on any atom is -0.354 e. The number of aryl methyl sites for hydroxylation is 2. The zero-order chi connectivity index (χ0) is 25.4. The second-order valence-corrected chi connectivity index (χ2v) is 9.77. The first-order valence-corrected chi connectivity index (χ1v) is 12.6. The van der Waals surface area contributed by atoms with Crippen LogP contribution in [-0.2, 0) is 29.0 Å². The lowest BCUT2D eigenvalue weighted by Gasteiger charge is -2.32. The molecule has 3 rings (SSSR count). The molecule has 0 aliphatic rings. The quantitative estimate of drug-likeness (QED) is 0.346. The molecule has 0 aliphatic heterocycles. The van der Waals surface area contributed by atoms with Crippen LogP contribution in [-0.4, -0.2) is 29.3 Å². The second-order valence-electron chi connectivity index (χ2n) is 8.93. The fourth-order valence-corrected chi connectivity index (χ4v) is 4.67. The summed E-state index contributed by atoms with van der Waals surface area (Å²) in [5, 5.41) is 3.98. The minimum atomic E-state index is -0.686. The summed E-state index contributed by atoms with van der Waals surface area (Å²) in [6.07, 6.45) is 1.41. The highest BCUT2D eigenvalue weighted by Gasteiger charge is 2.30. The summed E-state index contributed by atoms with van der Waals surface area (Å²) in [6.45, 7) is 6.79. The molecule has 0 heterocycles. The van der Waals surface area contributed by atoms with E-state index < -0.39 is 6.04 Å². The average molecular weight is 511 g/mol. The van der Waals surface area contributed by atoms with Gasteiger partial charge in [-0.15, -0.1) is 0 Å². The summed E-state index contributed by atoms with van der Waals surface area (Å²) in [5.74, 6) is -0.303. The SMILES string of the molecule is CCCNC(=O)[C@H](Cc1ccccc1)N(Cc1ccc(Cl)cc1Cl)C(=O)Cc1cc(C)cc(C)c1. The highest BCUT2D eigenvalue weighted by molar-refractivity contribution is 6.35. The van der Waals surface area contributed by atoms with Crippen molar-refractivity contribution in [3.8, 4) is 0 Å². The van der Waals surface area contributed by atoms with E-state index in [0.29, 0.717) is 23.0 Å². The van der Waals surface area contributed by atoms with Crippen molar-refractivity contribution in [3.05, 3.63) is 105 Å². The molecule has 0 saturated heterocycles. The van der Waals surface area contributed by atoms with E-state index in [1.165, 1.54) is 0 Å². The first-order chi connectivity index (χ1) is 16.8. The number of carbonyl (C=O) groups is 2. The highest BCUT2D eigenvalue weighted by Crippen LogP contribution is 2.25. The van der Waals surface area contributed by atoms with Gasteiger partial charge in [-0.1, -0.05) is 95.8 Å². The first-order valence-electron chi connectivity index (χ1n) is 11.9. The zero-order valence-corrected chi connectivity index (χ0v) is 22.0. The third-order valence-electron chi connectivity index (χ3n) is 5.81. The molecule has 0 fully saturated rings. The van der Waals surface area contributed by atoms with Crippen LogP contribution in [0.25, 0.3) is 0 Å². The third-order valence-corrected chi connectivity index (χ3v) is 6.40. The smallest absolute Gasteiger partial charge is 0.243 e. The molecule has 35 heavy (non-hydrogen) atoms. The van der Waals surface area contributed by atoms with Crippen molar-refractivity contribution in [1.82, 2.24) is 10.2 Å². The Morgan fingerprint density at radius 2 is 1.60 bits per heavy atom. The third kappa shape index (κ3) is 7.84. The molecule has 1 atom stereocenters. The van der Waals surface area contributed by atoms with Gasteiger partial charge >= 0.3 is 0 Å². The van der Waals surface area contributed by atoms with E-state index in [1.54, 1.807) is 17.0 Å². The summed E-state index contributed by atoms with van der Waals surface area (Å²) in [4.78, 5) is 28.8. The van der Waals surface area contributed by atoms with Gasteiger partial charge in [-0.2, -0.15) is 0 Å². The van der Waals surface area contributed by atoms with E-state index in [-0.39, 0.29) is 24.8 Å². The molecule has 3 aromatic carbocycles. The average Bonchev–Trinajstić information content (AvgIpc) is 2.81. The van der Waals surface area contributed by atoms with Gasteiger partial charge in [-0.05, 0) is 49.1 Å². The number of hydrogen-bond donors (Lipinski definition) is 1. The fourth-order valence-electron chi connectivity index (χ4n) is 4.20. The lowest BCUT2D eigenvalue weighted by molar-refractivity contribution is -0.140. The lowest BCUT2D eigenvalue weighted by Crippen LogP contribution is -2.51. The van der Waals surface area contributed by atoms with Crippen molar-refractivity contribution in [3.63, 3.8) is 0 Å². The number of amides is 2. The van der Waals surface area contributed by atoms with Crippen molar-refractivity contribution in [2.75, 3.05) is 6.54 Å². The molecular formula is C29H32Cl2N2O2. The Morgan fingerprint density at radius 3 is 2.23 bits per heavy atom. The van der Waals surface area contributed by atoms with Gasteiger partial charge in [0.2, 0.25) is 11.8 Å². The van der Waals surface area contributed by atoms with Gasteiger partial charge in [0.25, 0.3) is 0 Å². The maximum atomic E-state index is 13.8. The van der Waals surface area contributed by atoms with Gasteiger partial charge in [0.05, 0.1) is 6.42 Å². The monoisotopic (exact) mass is 510 g/mol. The van der Waals surface area contributed by atoms with Gasteiger partial charge < -0.3 is 10.2 Å². The summed E-state index contributed by atoms with van der Waals surface area (Å²) in [6, 6.07) is 20.4. The van der Waals surface area contributed by atoms with Crippen LogP contribution in [0.5, 0.6) is 0 Å².